The first kappa shape index (κ1) is 15.8. The molecule has 1 atom stereocenters. The van der Waals surface area contributed by atoms with Crippen LogP contribution in [0.5, 0.6) is 0 Å². The Labute approximate surface area is 134 Å². The summed E-state index contributed by atoms with van der Waals surface area (Å²) in [6.07, 6.45) is 1.99. The van der Waals surface area contributed by atoms with Crippen molar-refractivity contribution in [2.45, 2.75) is 25.8 Å². The Morgan fingerprint density at radius 3 is 2.85 bits per heavy atom. The third-order valence-corrected chi connectivity index (χ3v) is 5.03. The van der Waals surface area contributed by atoms with Crippen molar-refractivity contribution in [2.24, 2.45) is 0 Å². The number of nitrogens with zero attached hydrogens (tertiary/aromatic N) is 2. The minimum Gasteiger partial charge on any atom is -0.334 e. The average molecular weight is 360 g/mol. The molecule has 0 N–H and O–H groups in total. The number of benzene rings is 1. The first-order valence-corrected chi connectivity index (χ1v) is 8.14. The maximum atomic E-state index is 12.7. The minimum absolute atomic E-state index is 0.0848. The van der Waals surface area contributed by atoms with Gasteiger partial charge in [0.25, 0.3) is 5.91 Å². The van der Waals surface area contributed by atoms with E-state index >= 15 is 0 Å². The van der Waals surface area contributed by atoms with Crippen LogP contribution in [0.15, 0.2) is 22.7 Å². The molecule has 20 heavy (non-hydrogen) atoms. The van der Waals surface area contributed by atoms with Gasteiger partial charge < -0.3 is 9.80 Å². The van der Waals surface area contributed by atoms with Crippen LogP contribution in [0.25, 0.3) is 0 Å². The summed E-state index contributed by atoms with van der Waals surface area (Å²) in [4.78, 5) is 17.0. The lowest BCUT2D eigenvalue weighted by Gasteiger charge is -2.30. The van der Waals surface area contributed by atoms with E-state index in [0.29, 0.717) is 10.6 Å². The Balaban J connectivity index is 2.23. The zero-order chi connectivity index (χ0) is 14.7. The van der Waals surface area contributed by atoms with Crippen LogP contribution in [0.4, 0.5) is 0 Å². The lowest BCUT2D eigenvalue weighted by atomic mass is 10.1. The normalized spacial score (nSPS) is 20.8. The highest BCUT2D eigenvalue weighted by molar-refractivity contribution is 9.10. The molecule has 0 saturated carbocycles. The second kappa shape index (κ2) is 6.92. The monoisotopic (exact) mass is 358 g/mol. The Hall–Kier alpha value is -0.580. The third-order valence-electron chi connectivity index (χ3n) is 3.80. The lowest BCUT2D eigenvalue weighted by Crippen LogP contribution is -2.43. The first-order chi connectivity index (χ1) is 9.52. The molecule has 1 saturated heterocycles. The summed E-state index contributed by atoms with van der Waals surface area (Å²) in [6, 6.07) is 5.69. The van der Waals surface area contributed by atoms with E-state index in [1.807, 2.05) is 17.0 Å². The quantitative estimate of drug-likeness (QED) is 0.804. The number of amides is 1. The first-order valence-electron chi connectivity index (χ1n) is 6.97. The fraction of sp³-hybridized carbons (Fsp3) is 0.533. The second-order valence-corrected chi connectivity index (χ2v) is 6.57. The smallest absolute Gasteiger partial charge is 0.254 e. The summed E-state index contributed by atoms with van der Waals surface area (Å²) in [5.41, 5.74) is 0.668. The zero-order valence-electron chi connectivity index (χ0n) is 11.9. The van der Waals surface area contributed by atoms with Crippen LogP contribution in [-0.4, -0.2) is 48.4 Å². The van der Waals surface area contributed by atoms with Crippen molar-refractivity contribution >= 4 is 33.4 Å². The lowest BCUT2D eigenvalue weighted by molar-refractivity contribution is 0.0675. The van der Waals surface area contributed by atoms with Gasteiger partial charge in [0.2, 0.25) is 0 Å². The van der Waals surface area contributed by atoms with Crippen LogP contribution in [0.1, 0.15) is 30.1 Å². The van der Waals surface area contributed by atoms with E-state index < -0.39 is 0 Å². The molecule has 1 amide bonds. The summed E-state index contributed by atoms with van der Waals surface area (Å²) in [5, 5.41) is 0.579. The van der Waals surface area contributed by atoms with Gasteiger partial charge in [-0.05, 0) is 60.6 Å². The van der Waals surface area contributed by atoms with Gasteiger partial charge in [0.05, 0.1) is 5.02 Å². The van der Waals surface area contributed by atoms with Gasteiger partial charge in [-0.25, -0.2) is 0 Å². The molecule has 1 heterocycles. The molecule has 0 spiro atoms. The van der Waals surface area contributed by atoms with E-state index in [0.717, 1.165) is 36.9 Å². The fourth-order valence-corrected chi connectivity index (χ4v) is 3.08. The molecule has 2 rings (SSSR count). The van der Waals surface area contributed by atoms with Crippen LogP contribution >= 0.6 is 27.5 Å². The van der Waals surface area contributed by atoms with Gasteiger partial charge in [-0.3, -0.25) is 4.79 Å². The summed E-state index contributed by atoms with van der Waals surface area (Å²) in [6.45, 7) is 4.93. The number of carbonyl (C=O) groups excluding carboxylic acids is 1. The standard InChI is InChI=1S/C15H20BrClN2O/c1-3-12-10-18(2)7-4-8-19(12)15(20)11-5-6-13(16)14(17)9-11/h5-6,9,12H,3-4,7-8,10H2,1-2H3. The van der Waals surface area contributed by atoms with E-state index in [2.05, 4.69) is 34.8 Å². The van der Waals surface area contributed by atoms with Crippen LogP contribution in [0.3, 0.4) is 0 Å². The van der Waals surface area contributed by atoms with Gasteiger partial charge in [0, 0.05) is 29.2 Å². The number of carbonyl (C=O) groups is 1. The minimum atomic E-state index is 0.0848. The van der Waals surface area contributed by atoms with Gasteiger partial charge in [-0.2, -0.15) is 0 Å². The van der Waals surface area contributed by atoms with Crippen molar-refractivity contribution < 1.29 is 4.79 Å². The van der Waals surface area contributed by atoms with Crippen molar-refractivity contribution in [1.82, 2.24) is 9.80 Å². The highest BCUT2D eigenvalue weighted by Gasteiger charge is 2.27. The van der Waals surface area contributed by atoms with Crippen LogP contribution in [-0.2, 0) is 0 Å². The van der Waals surface area contributed by atoms with Crippen LogP contribution in [0, 0.1) is 0 Å². The van der Waals surface area contributed by atoms with Crippen molar-refractivity contribution in [3.8, 4) is 0 Å². The van der Waals surface area contributed by atoms with Gasteiger partial charge in [0.1, 0.15) is 0 Å². The summed E-state index contributed by atoms with van der Waals surface area (Å²) in [5.74, 6) is 0.0848. The van der Waals surface area contributed by atoms with E-state index in [9.17, 15) is 4.79 Å². The molecule has 1 aromatic rings. The summed E-state index contributed by atoms with van der Waals surface area (Å²) in [7, 11) is 2.12. The Morgan fingerprint density at radius 2 is 2.20 bits per heavy atom. The van der Waals surface area contributed by atoms with Gasteiger partial charge in [0.15, 0.2) is 0 Å². The topological polar surface area (TPSA) is 23.6 Å². The van der Waals surface area contributed by atoms with Crippen LogP contribution < -0.4 is 0 Å². The number of hydrogen-bond acceptors (Lipinski definition) is 2. The molecule has 1 aliphatic rings. The molecular weight excluding hydrogens is 340 g/mol. The molecule has 0 aromatic heterocycles. The molecule has 5 heteroatoms. The molecule has 110 valence electrons. The van der Waals surface area contributed by atoms with Crippen molar-refractivity contribution in [3.05, 3.63) is 33.3 Å². The third kappa shape index (κ3) is 3.54. The van der Waals surface area contributed by atoms with Gasteiger partial charge in [-0.15, -0.1) is 0 Å². The predicted molar refractivity (Wildman–Crippen MR) is 86.4 cm³/mol. The summed E-state index contributed by atoms with van der Waals surface area (Å²) < 4.78 is 0.818. The zero-order valence-corrected chi connectivity index (χ0v) is 14.2. The number of rotatable bonds is 2. The number of halogens is 2. The number of hydrogen-bond donors (Lipinski definition) is 0. The number of likely N-dealkylation sites (N-methyl/N-ethyl adjacent to an activating group) is 1. The Bertz CT molecular complexity index is 495. The molecule has 0 bridgehead atoms. The Morgan fingerprint density at radius 1 is 1.45 bits per heavy atom. The van der Waals surface area contributed by atoms with Crippen molar-refractivity contribution in [3.63, 3.8) is 0 Å². The van der Waals surface area contributed by atoms with Crippen molar-refractivity contribution in [2.75, 3.05) is 26.7 Å². The van der Waals surface area contributed by atoms with E-state index in [1.165, 1.54) is 0 Å². The average Bonchev–Trinajstić information content (AvgIpc) is 2.62. The predicted octanol–water partition coefficient (Wildman–Crippen LogP) is 3.66. The van der Waals surface area contributed by atoms with E-state index in [-0.39, 0.29) is 11.9 Å². The van der Waals surface area contributed by atoms with Gasteiger partial charge in [-0.1, -0.05) is 18.5 Å². The molecule has 1 fully saturated rings. The molecule has 0 aliphatic carbocycles. The van der Waals surface area contributed by atoms with E-state index in [1.54, 1.807) is 6.07 Å². The van der Waals surface area contributed by atoms with Crippen molar-refractivity contribution in [1.29, 1.82) is 0 Å². The molecule has 0 radical (unpaired) electrons. The van der Waals surface area contributed by atoms with Gasteiger partial charge >= 0.3 is 0 Å². The maximum absolute atomic E-state index is 12.7. The second-order valence-electron chi connectivity index (χ2n) is 5.31. The molecule has 1 unspecified atom stereocenters. The molecule has 1 aliphatic heterocycles. The fourth-order valence-electron chi connectivity index (χ4n) is 2.66. The Kier molecular flexibility index (Phi) is 5.47. The molecular formula is C15H20BrClN2O. The highest BCUT2D eigenvalue weighted by Crippen LogP contribution is 2.25. The summed E-state index contributed by atoms with van der Waals surface area (Å²) >= 11 is 9.45. The molecule has 1 aromatic carbocycles. The van der Waals surface area contributed by atoms with E-state index in [4.69, 9.17) is 11.6 Å². The highest BCUT2D eigenvalue weighted by atomic mass is 79.9. The van der Waals surface area contributed by atoms with Crippen LogP contribution in [0.2, 0.25) is 5.02 Å². The maximum Gasteiger partial charge on any atom is 0.254 e. The SMILES string of the molecule is CCC1CN(C)CCCN1C(=O)c1ccc(Br)c(Cl)c1. The largest absolute Gasteiger partial charge is 0.334 e. The molecule has 3 nitrogen and oxygen atoms in total.